The molecule has 2 aromatic heterocycles. The summed E-state index contributed by atoms with van der Waals surface area (Å²) in [5.74, 6) is -0.303. The van der Waals surface area contributed by atoms with Crippen LogP contribution in [0.3, 0.4) is 0 Å². The van der Waals surface area contributed by atoms with E-state index in [-0.39, 0.29) is 29.4 Å². The van der Waals surface area contributed by atoms with Crippen LogP contribution in [-0.2, 0) is 0 Å². The van der Waals surface area contributed by atoms with Gasteiger partial charge in [-0.05, 0) is 36.8 Å². The Labute approximate surface area is 155 Å². The molecular weight excluding hydrogens is 344 g/mol. The van der Waals surface area contributed by atoms with Crippen LogP contribution in [-0.4, -0.2) is 26.8 Å². The highest BCUT2D eigenvalue weighted by Crippen LogP contribution is 2.17. The SMILES string of the molecule is CC(NC(=O)c1cnc(N)cn1)c1ccc(NC(=O)c2ccncc2)cc1. The van der Waals surface area contributed by atoms with E-state index in [1.165, 1.54) is 12.4 Å². The number of nitrogens with one attached hydrogen (secondary N) is 2. The third-order valence-corrected chi connectivity index (χ3v) is 3.86. The molecule has 8 nitrogen and oxygen atoms in total. The molecule has 0 bridgehead atoms. The molecule has 0 fully saturated rings. The van der Waals surface area contributed by atoms with Crippen LogP contribution in [0.2, 0.25) is 0 Å². The fourth-order valence-corrected chi connectivity index (χ4v) is 2.37. The van der Waals surface area contributed by atoms with Crippen molar-refractivity contribution in [1.29, 1.82) is 0 Å². The van der Waals surface area contributed by atoms with Crippen LogP contribution in [0, 0.1) is 0 Å². The number of aromatic nitrogens is 3. The summed E-state index contributed by atoms with van der Waals surface area (Å²) in [6.45, 7) is 1.85. The maximum absolute atomic E-state index is 12.2. The normalized spacial score (nSPS) is 11.4. The molecule has 0 aliphatic rings. The lowest BCUT2D eigenvalue weighted by molar-refractivity contribution is 0.0934. The van der Waals surface area contributed by atoms with Gasteiger partial charge in [0.05, 0.1) is 18.4 Å². The number of anilines is 2. The number of hydrogen-bond donors (Lipinski definition) is 3. The van der Waals surface area contributed by atoms with Crippen LogP contribution < -0.4 is 16.4 Å². The average molecular weight is 362 g/mol. The number of rotatable bonds is 5. The van der Waals surface area contributed by atoms with Crippen molar-refractivity contribution in [2.24, 2.45) is 0 Å². The largest absolute Gasteiger partial charge is 0.382 e. The van der Waals surface area contributed by atoms with E-state index in [9.17, 15) is 9.59 Å². The fourth-order valence-electron chi connectivity index (χ4n) is 2.37. The Morgan fingerprint density at radius 3 is 2.30 bits per heavy atom. The molecule has 3 rings (SSSR count). The molecule has 27 heavy (non-hydrogen) atoms. The predicted molar refractivity (Wildman–Crippen MR) is 101 cm³/mol. The molecule has 0 spiro atoms. The summed E-state index contributed by atoms with van der Waals surface area (Å²) >= 11 is 0. The summed E-state index contributed by atoms with van der Waals surface area (Å²) in [7, 11) is 0. The summed E-state index contributed by atoms with van der Waals surface area (Å²) in [4.78, 5) is 36.0. The minimum atomic E-state index is -0.343. The Morgan fingerprint density at radius 1 is 0.963 bits per heavy atom. The number of benzene rings is 1. The molecule has 3 aromatic rings. The standard InChI is InChI=1S/C19H18N6O2/c1-12(24-19(27)16-10-23-17(20)11-22-16)13-2-4-15(5-3-13)25-18(26)14-6-8-21-9-7-14/h2-12H,1H3,(H2,20,23)(H,24,27)(H,25,26). The van der Waals surface area contributed by atoms with E-state index >= 15 is 0 Å². The van der Waals surface area contributed by atoms with Crippen molar-refractivity contribution < 1.29 is 9.59 Å². The maximum Gasteiger partial charge on any atom is 0.271 e. The summed E-state index contributed by atoms with van der Waals surface area (Å²) in [5.41, 5.74) is 7.72. The van der Waals surface area contributed by atoms with E-state index in [2.05, 4.69) is 25.6 Å². The molecule has 8 heteroatoms. The summed E-state index contributed by atoms with van der Waals surface area (Å²) in [6.07, 6.45) is 5.79. The Kier molecular flexibility index (Phi) is 5.36. The Balaban J connectivity index is 1.61. The number of nitrogen functional groups attached to an aromatic ring is 1. The first-order valence-electron chi connectivity index (χ1n) is 8.22. The van der Waals surface area contributed by atoms with Gasteiger partial charge in [0, 0.05) is 23.6 Å². The zero-order valence-corrected chi connectivity index (χ0v) is 14.6. The number of carbonyl (C=O) groups is 2. The molecule has 2 amide bonds. The van der Waals surface area contributed by atoms with E-state index in [1.807, 2.05) is 19.1 Å². The quantitative estimate of drug-likeness (QED) is 0.639. The van der Waals surface area contributed by atoms with Gasteiger partial charge in [-0.15, -0.1) is 0 Å². The second-order valence-electron chi connectivity index (χ2n) is 5.83. The third kappa shape index (κ3) is 4.63. The van der Waals surface area contributed by atoms with Gasteiger partial charge in [0.2, 0.25) is 0 Å². The maximum atomic E-state index is 12.2. The smallest absolute Gasteiger partial charge is 0.271 e. The molecule has 0 saturated heterocycles. The van der Waals surface area contributed by atoms with Gasteiger partial charge >= 0.3 is 0 Å². The highest BCUT2D eigenvalue weighted by Gasteiger charge is 2.13. The molecule has 1 aromatic carbocycles. The second kappa shape index (κ2) is 8.05. The molecule has 1 atom stereocenters. The lowest BCUT2D eigenvalue weighted by Crippen LogP contribution is -2.27. The molecule has 1 unspecified atom stereocenters. The van der Waals surface area contributed by atoms with Gasteiger partial charge < -0.3 is 16.4 Å². The first kappa shape index (κ1) is 18.0. The summed E-state index contributed by atoms with van der Waals surface area (Å²) in [5, 5.41) is 5.65. The van der Waals surface area contributed by atoms with Crippen molar-refractivity contribution >= 4 is 23.3 Å². The van der Waals surface area contributed by atoms with Crippen molar-refractivity contribution in [3.63, 3.8) is 0 Å². The zero-order valence-electron chi connectivity index (χ0n) is 14.6. The molecular formula is C19H18N6O2. The molecule has 4 N–H and O–H groups in total. The molecule has 2 heterocycles. The van der Waals surface area contributed by atoms with Crippen LogP contribution in [0.5, 0.6) is 0 Å². The molecule has 136 valence electrons. The van der Waals surface area contributed by atoms with Gasteiger partial charge in [0.25, 0.3) is 11.8 Å². The van der Waals surface area contributed by atoms with E-state index < -0.39 is 0 Å². The van der Waals surface area contributed by atoms with Gasteiger partial charge in [-0.2, -0.15) is 0 Å². The summed E-state index contributed by atoms with van der Waals surface area (Å²) < 4.78 is 0. The summed E-state index contributed by atoms with van der Waals surface area (Å²) in [6, 6.07) is 10.3. The highest BCUT2D eigenvalue weighted by atomic mass is 16.2. The first-order valence-corrected chi connectivity index (χ1v) is 8.22. The topological polar surface area (TPSA) is 123 Å². The minimum Gasteiger partial charge on any atom is -0.382 e. The van der Waals surface area contributed by atoms with Gasteiger partial charge in [-0.3, -0.25) is 14.6 Å². The molecule has 0 aliphatic carbocycles. The van der Waals surface area contributed by atoms with Gasteiger partial charge in [-0.25, -0.2) is 9.97 Å². The van der Waals surface area contributed by atoms with E-state index in [0.29, 0.717) is 11.3 Å². The van der Waals surface area contributed by atoms with Crippen molar-refractivity contribution in [3.05, 3.63) is 78.0 Å². The predicted octanol–water partition coefficient (Wildman–Crippen LogP) is 2.20. The Morgan fingerprint density at radius 2 is 1.67 bits per heavy atom. The van der Waals surface area contributed by atoms with Crippen LogP contribution in [0.25, 0.3) is 0 Å². The van der Waals surface area contributed by atoms with Crippen molar-refractivity contribution in [3.8, 4) is 0 Å². The number of carbonyl (C=O) groups excluding carboxylic acids is 2. The minimum absolute atomic E-state index is 0.192. The van der Waals surface area contributed by atoms with Gasteiger partial charge in [-0.1, -0.05) is 12.1 Å². The van der Waals surface area contributed by atoms with Gasteiger partial charge in [0.1, 0.15) is 11.5 Å². The zero-order chi connectivity index (χ0) is 19.2. The number of nitrogens with zero attached hydrogens (tertiary/aromatic N) is 3. The van der Waals surface area contributed by atoms with E-state index in [0.717, 1.165) is 5.56 Å². The number of pyridine rings is 1. The monoisotopic (exact) mass is 362 g/mol. The molecule has 0 radical (unpaired) electrons. The Hall–Kier alpha value is -3.81. The van der Waals surface area contributed by atoms with Crippen LogP contribution in [0.4, 0.5) is 11.5 Å². The van der Waals surface area contributed by atoms with Crippen LogP contribution in [0.15, 0.2) is 61.2 Å². The lowest BCUT2D eigenvalue weighted by atomic mass is 10.1. The second-order valence-corrected chi connectivity index (χ2v) is 5.83. The molecule has 0 saturated carbocycles. The van der Waals surface area contributed by atoms with Gasteiger partial charge in [0.15, 0.2) is 0 Å². The first-order chi connectivity index (χ1) is 13.0. The lowest BCUT2D eigenvalue weighted by Gasteiger charge is -2.15. The van der Waals surface area contributed by atoms with Crippen LogP contribution >= 0.6 is 0 Å². The van der Waals surface area contributed by atoms with Crippen molar-refractivity contribution in [1.82, 2.24) is 20.3 Å². The third-order valence-electron chi connectivity index (χ3n) is 3.86. The van der Waals surface area contributed by atoms with E-state index in [1.54, 1.807) is 36.7 Å². The average Bonchev–Trinajstić information content (AvgIpc) is 2.69. The number of nitrogens with two attached hydrogens (primary N) is 1. The number of hydrogen-bond acceptors (Lipinski definition) is 6. The van der Waals surface area contributed by atoms with E-state index in [4.69, 9.17) is 5.73 Å². The fraction of sp³-hybridized carbons (Fsp3) is 0.105. The van der Waals surface area contributed by atoms with Crippen molar-refractivity contribution in [2.45, 2.75) is 13.0 Å². The molecule has 0 aliphatic heterocycles. The Bertz CT molecular complexity index is 927. The highest BCUT2D eigenvalue weighted by molar-refractivity contribution is 6.04. The van der Waals surface area contributed by atoms with Crippen LogP contribution in [0.1, 0.15) is 39.4 Å². The van der Waals surface area contributed by atoms with Crippen molar-refractivity contribution in [2.75, 3.05) is 11.1 Å². The number of amides is 2.